The Morgan fingerprint density at radius 3 is 2.03 bits per heavy atom. The first-order chi connectivity index (χ1) is 16.1. The fourth-order valence-electron chi connectivity index (χ4n) is 3.39. The van der Waals surface area contributed by atoms with Gasteiger partial charge in [-0.3, -0.25) is 9.59 Å². The van der Waals surface area contributed by atoms with Gasteiger partial charge in [0.25, 0.3) is 0 Å². The zero-order valence-corrected chi connectivity index (χ0v) is 21.2. The molecule has 2 atom stereocenters. The Labute approximate surface area is 204 Å². The highest BCUT2D eigenvalue weighted by molar-refractivity contribution is 7.89. The van der Waals surface area contributed by atoms with Crippen LogP contribution in [0.15, 0.2) is 70.9 Å². The fraction of sp³-hybridized carbons (Fsp3) is 0.280. The first kappa shape index (κ1) is 25.6. The van der Waals surface area contributed by atoms with Gasteiger partial charge >= 0.3 is 0 Å². The van der Waals surface area contributed by atoms with Crippen LogP contribution in [0.4, 0.5) is 5.69 Å². The van der Waals surface area contributed by atoms with Crippen LogP contribution >= 0.6 is 11.3 Å². The number of rotatable bonds is 9. The SMILES string of the molecule is CC(=O)Nc1ccc(S(=O)(=O)N[C@@H](C)C(=O)NC(c2ccc(C(C)C)cc2)c2cccs2)cc1. The molecule has 34 heavy (non-hydrogen) atoms. The van der Waals surface area contributed by atoms with E-state index in [1.165, 1.54) is 55.0 Å². The van der Waals surface area contributed by atoms with Crippen molar-refractivity contribution >= 4 is 38.9 Å². The molecule has 7 nitrogen and oxygen atoms in total. The van der Waals surface area contributed by atoms with Crippen LogP contribution in [-0.4, -0.2) is 26.3 Å². The quantitative estimate of drug-likeness (QED) is 0.406. The fourth-order valence-corrected chi connectivity index (χ4v) is 5.40. The van der Waals surface area contributed by atoms with E-state index in [9.17, 15) is 18.0 Å². The van der Waals surface area contributed by atoms with Gasteiger partial charge in [0.2, 0.25) is 21.8 Å². The minimum Gasteiger partial charge on any atom is -0.343 e. The Bertz CT molecular complexity index is 1220. The zero-order chi connectivity index (χ0) is 24.9. The molecule has 0 aliphatic rings. The van der Waals surface area contributed by atoms with Crippen LogP contribution in [-0.2, 0) is 19.6 Å². The van der Waals surface area contributed by atoms with Gasteiger partial charge in [-0.2, -0.15) is 4.72 Å². The highest BCUT2D eigenvalue weighted by Crippen LogP contribution is 2.27. The van der Waals surface area contributed by atoms with Crippen molar-refractivity contribution in [2.75, 3.05) is 5.32 Å². The van der Waals surface area contributed by atoms with E-state index < -0.39 is 28.0 Å². The van der Waals surface area contributed by atoms with E-state index in [2.05, 4.69) is 29.2 Å². The number of carbonyl (C=O) groups excluding carboxylic acids is 2. The van der Waals surface area contributed by atoms with Crippen molar-refractivity contribution in [1.29, 1.82) is 0 Å². The Morgan fingerprint density at radius 1 is 0.882 bits per heavy atom. The largest absolute Gasteiger partial charge is 0.343 e. The standard InChI is InChI=1S/C25H29N3O4S2/c1-16(2)19-7-9-20(10-8-19)24(23-6-5-15-33-23)27-25(30)17(3)28-34(31,32)22-13-11-21(12-14-22)26-18(4)29/h5-17,24,28H,1-4H3,(H,26,29)(H,27,30)/t17-,24?/m0/s1. The molecule has 3 rings (SSSR count). The summed E-state index contributed by atoms with van der Waals surface area (Å²) < 4.78 is 28.0. The van der Waals surface area contributed by atoms with Gasteiger partial charge < -0.3 is 10.6 Å². The van der Waals surface area contributed by atoms with E-state index in [4.69, 9.17) is 0 Å². The highest BCUT2D eigenvalue weighted by atomic mass is 32.2. The molecule has 0 saturated carbocycles. The van der Waals surface area contributed by atoms with Gasteiger partial charge in [-0.1, -0.05) is 44.2 Å². The normalized spacial score (nSPS) is 13.3. The van der Waals surface area contributed by atoms with Gasteiger partial charge in [-0.25, -0.2) is 8.42 Å². The Balaban J connectivity index is 1.74. The summed E-state index contributed by atoms with van der Waals surface area (Å²) in [7, 11) is -3.94. The van der Waals surface area contributed by atoms with Crippen LogP contribution in [0.5, 0.6) is 0 Å². The van der Waals surface area contributed by atoms with E-state index in [1.54, 1.807) is 0 Å². The summed E-state index contributed by atoms with van der Waals surface area (Å²) in [6.07, 6.45) is 0. The third-order valence-electron chi connectivity index (χ3n) is 5.26. The number of hydrogen-bond donors (Lipinski definition) is 3. The van der Waals surface area contributed by atoms with Crippen molar-refractivity contribution in [3.63, 3.8) is 0 Å². The van der Waals surface area contributed by atoms with Crippen molar-refractivity contribution in [2.24, 2.45) is 0 Å². The molecule has 1 aromatic heterocycles. The molecule has 180 valence electrons. The average Bonchev–Trinajstić information content (AvgIpc) is 3.31. The van der Waals surface area contributed by atoms with Gasteiger partial charge in [-0.05, 0) is 59.7 Å². The lowest BCUT2D eigenvalue weighted by Crippen LogP contribution is -2.45. The molecule has 0 aliphatic carbocycles. The van der Waals surface area contributed by atoms with E-state index in [-0.39, 0.29) is 10.8 Å². The summed E-state index contributed by atoms with van der Waals surface area (Å²) in [6, 6.07) is 16.3. The Kier molecular flexibility index (Phi) is 8.24. The molecule has 0 fully saturated rings. The smallest absolute Gasteiger partial charge is 0.241 e. The zero-order valence-electron chi connectivity index (χ0n) is 19.5. The van der Waals surface area contributed by atoms with Crippen molar-refractivity contribution in [1.82, 2.24) is 10.0 Å². The van der Waals surface area contributed by atoms with Crippen molar-refractivity contribution in [3.8, 4) is 0 Å². The van der Waals surface area contributed by atoms with Gasteiger partial charge in [0.15, 0.2) is 0 Å². The number of sulfonamides is 1. The molecule has 0 radical (unpaired) electrons. The average molecular weight is 500 g/mol. The number of nitrogens with one attached hydrogen (secondary N) is 3. The maximum Gasteiger partial charge on any atom is 0.241 e. The van der Waals surface area contributed by atoms with Crippen molar-refractivity contribution in [2.45, 2.75) is 50.6 Å². The maximum absolute atomic E-state index is 13.0. The Hall–Kier alpha value is -3.01. The number of anilines is 1. The first-order valence-corrected chi connectivity index (χ1v) is 13.3. The second kappa shape index (κ2) is 10.9. The molecule has 0 bridgehead atoms. The molecule has 2 aromatic carbocycles. The van der Waals surface area contributed by atoms with Gasteiger partial charge in [0.1, 0.15) is 0 Å². The van der Waals surface area contributed by atoms with E-state index in [1.807, 2.05) is 41.8 Å². The summed E-state index contributed by atoms with van der Waals surface area (Å²) in [5.41, 5.74) is 2.61. The topological polar surface area (TPSA) is 104 Å². The number of thiophene rings is 1. The predicted molar refractivity (Wildman–Crippen MR) is 135 cm³/mol. The van der Waals surface area contributed by atoms with E-state index in [0.29, 0.717) is 11.6 Å². The molecule has 3 N–H and O–H groups in total. The van der Waals surface area contributed by atoms with Crippen LogP contribution in [0.1, 0.15) is 55.7 Å². The second-order valence-electron chi connectivity index (χ2n) is 8.33. The molecule has 0 saturated heterocycles. The third-order valence-corrected chi connectivity index (χ3v) is 7.75. The lowest BCUT2D eigenvalue weighted by atomic mass is 9.98. The predicted octanol–water partition coefficient (Wildman–Crippen LogP) is 4.40. The minimum absolute atomic E-state index is 0.000308. The molecule has 9 heteroatoms. The van der Waals surface area contributed by atoms with Gasteiger partial charge in [0, 0.05) is 17.5 Å². The molecule has 1 unspecified atom stereocenters. The number of benzene rings is 2. The summed E-state index contributed by atoms with van der Waals surface area (Å²) in [4.78, 5) is 25.1. The van der Waals surface area contributed by atoms with Crippen molar-refractivity contribution < 1.29 is 18.0 Å². The van der Waals surface area contributed by atoms with Crippen LogP contribution in [0.3, 0.4) is 0 Å². The Morgan fingerprint density at radius 2 is 1.50 bits per heavy atom. The summed E-state index contributed by atoms with van der Waals surface area (Å²) in [5, 5.41) is 7.51. The molecule has 0 aliphatic heterocycles. The lowest BCUT2D eigenvalue weighted by molar-refractivity contribution is -0.122. The van der Waals surface area contributed by atoms with Crippen LogP contribution < -0.4 is 15.4 Å². The van der Waals surface area contributed by atoms with Gasteiger partial charge in [-0.15, -0.1) is 11.3 Å². The molecule has 1 heterocycles. The molecule has 2 amide bonds. The molecule has 3 aromatic rings. The van der Waals surface area contributed by atoms with Crippen LogP contribution in [0, 0.1) is 0 Å². The van der Waals surface area contributed by atoms with Crippen molar-refractivity contribution in [3.05, 3.63) is 82.0 Å². The van der Waals surface area contributed by atoms with E-state index in [0.717, 1.165) is 10.4 Å². The highest BCUT2D eigenvalue weighted by Gasteiger charge is 2.25. The first-order valence-electron chi connectivity index (χ1n) is 10.9. The summed E-state index contributed by atoms with van der Waals surface area (Å²) in [5.74, 6) is -0.298. The van der Waals surface area contributed by atoms with Crippen LogP contribution in [0.2, 0.25) is 0 Å². The summed E-state index contributed by atoms with van der Waals surface area (Å²) in [6.45, 7) is 7.12. The monoisotopic (exact) mass is 499 g/mol. The number of carbonyl (C=O) groups is 2. The molecular formula is C25H29N3O4S2. The third kappa shape index (κ3) is 6.53. The summed E-state index contributed by atoms with van der Waals surface area (Å²) >= 11 is 1.52. The number of amides is 2. The molecular weight excluding hydrogens is 470 g/mol. The lowest BCUT2D eigenvalue weighted by Gasteiger charge is -2.22. The number of hydrogen-bond acceptors (Lipinski definition) is 5. The van der Waals surface area contributed by atoms with Crippen LogP contribution in [0.25, 0.3) is 0 Å². The van der Waals surface area contributed by atoms with E-state index >= 15 is 0 Å². The molecule has 0 spiro atoms. The van der Waals surface area contributed by atoms with Gasteiger partial charge in [0.05, 0.1) is 17.0 Å². The minimum atomic E-state index is -3.94. The maximum atomic E-state index is 13.0. The second-order valence-corrected chi connectivity index (χ2v) is 11.0.